The van der Waals surface area contributed by atoms with Crippen molar-refractivity contribution in [3.8, 4) is 6.07 Å². The average molecular weight is 320 g/mol. The molecule has 2 fully saturated rings. The summed E-state index contributed by atoms with van der Waals surface area (Å²) >= 11 is 0. The van der Waals surface area contributed by atoms with Gasteiger partial charge in [0.25, 0.3) is 5.91 Å². The van der Waals surface area contributed by atoms with E-state index in [1.54, 1.807) is 11.1 Å². The molecule has 0 bridgehead atoms. The van der Waals surface area contributed by atoms with Crippen LogP contribution in [0.2, 0.25) is 0 Å². The summed E-state index contributed by atoms with van der Waals surface area (Å²) in [5.74, 6) is -0.168. The predicted octanol–water partition coefficient (Wildman–Crippen LogP) is 1.11. The second-order valence-electron chi connectivity index (χ2n) is 6.29. The fourth-order valence-electron chi connectivity index (χ4n) is 3.19. The normalized spacial score (nSPS) is 20.8. The van der Waals surface area contributed by atoms with Crippen LogP contribution in [-0.2, 0) is 9.53 Å². The number of nitrogens with zero attached hydrogens (tertiary/aromatic N) is 3. The smallest absolute Gasteiger partial charge is 0.265 e. The molecule has 1 amide bonds. The van der Waals surface area contributed by atoms with Crippen LogP contribution in [0, 0.1) is 11.3 Å². The molecule has 128 valence electrons. The molecule has 0 unspecified atom stereocenters. The minimum atomic E-state index is -0.168. The summed E-state index contributed by atoms with van der Waals surface area (Å²) in [7, 11) is 1.82. The van der Waals surface area contributed by atoms with Crippen molar-refractivity contribution in [1.82, 2.24) is 15.1 Å². The molecule has 0 aromatic heterocycles. The highest BCUT2D eigenvalue weighted by Gasteiger charge is 2.24. The van der Waals surface area contributed by atoms with E-state index < -0.39 is 0 Å². The Morgan fingerprint density at radius 2 is 2.04 bits per heavy atom. The second kappa shape index (κ2) is 9.53. The Balaban J connectivity index is 1.77. The van der Waals surface area contributed by atoms with E-state index >= 15 is 0 Å². The number of carbonyl (C=O) groups is 1. The van der Waals surface area contributed by atoms with Crippen molar-refractivity contribution in [1.29, 1.82) is 5.26 Å². The lowest BCUT2D eigenvalue weighted by Crippen LogP contribution is -2.40. The summed E-state index contributed by atoms with van der Waals surface area (Å²) in [4.78, 5) is 16.5. The van der Waals surface area contributed by atoms with Gasteiger partial charge in [0.1, 0.15) is 11.6 Å². The molecule has 2 rings (SSSR count). The van der Waals surface area contributed by atoms with Gasteiger partial charge in [0, 0.05) is 45.5 Å². The Kier molecular flexibility index (Phi) is 7.37. The minimum absolute atomic E-state index is 0.168. The number of morpholine rings is 1. The van der Waals surface area contributed by atoms with Crippen molar-refractivity contribution < 1.29 is 9.53 Å². The van der Waals surface area contributed by atoms with Gasteiger partial charge in [-0.05, 0) is 12.8 Å². The zero-order chi connectivity index (χ0) is 16.5. The molecular formula is C17H28N4O2. The van der Waals surface area contributed by atoms with Crippen molar-refractivity contribution in [2.24, 2.45) is 0 Å². The summed E-state index contributed by atoms with van der Waals surface area (Å²) in [5.41, 5.74) is 0.194. The molecule has 1 N–H and O–H groups in total. The Bertz CT molecular complexity index is 446. The maximum absolute atomic E-state index is 12.4. The van der Waals surface area contributed by atoms with Crippen LogP contribution >= 0.6 is 0 Å². The topological polar surface area (TPSA) is 68.6 Å². The molecule has 0 aromatic carbocycles. The van der Waals surface area contributed by atoms with E-state index in [0.29, 0.717) is 0 Å². The number of rotatable bonds is 6. The van der Waals surface area contributed by atoms with Crippen LogP contribution in [0.25, 0.3) is 0 Å². The highest BCUT2D eigenvalue weighted by atomic mass is 16.5. The number of carbonyl (C=O) groups excluding carboxylic acids is 1. The number of hydrogen-bond donors (Lipinski definition) is 1. The van der Waals surface area contributed by atoms with Crippen LogP contribution in [0.1, 0.15) is 32.1 Å². The van der Waals surface area contributed by atoms with Crippen LogP contribution in [0.15, 0.2) is 11.8 Å². The zero-order valence-electron chi connectivity index (χ0n) is 14.1. The van der Waals surface area contributed by atoms with E-state index in [1.807, 2.05) is 13.1 Å². The van der Waals surface area contributed by atoms with E-state index in [9.17, 15) is 10.1 Å². The van der Waals surface area contributed by atoms with E-state index in [4.69, 9.17) is 4.74 Å². The first-order valence-corrected chi connectivity index (χ1v) is 8.63. The molecule has 1 saturated heterocycles. The zero-order valence-corrected chi connectivity index (χ0v) is 14.1. The monoisotopic (exact) mass is 320 g/mol. The van der Waals surface area contributed by atoms with E-state index in [2.05, 4.69) is 10.2 Å². The van der Waals surface area contributed by atoms with Gasteiger partial charge >= 0.3 is 0 Å². The fourth-order valence-corrected chi connectivity index (χ4v) is 3.19. The third-order valence-corrected chi connectivity index (χ3v) is 4.72. The summed E-state index contributed by atoms with van der Waals surface area (Å²) in [5, 5.41) is 12.4. The van der Waals surface area contributed by atoms with Gasteiger partial charge in [-0.1, -0.05) is 19.3 Å². The molecule has 6 heteroatoms. The Hall–Kier alpha value is -1.58. The lowest BCUT2D eigenvalue weighted by Gasteiger charge is -2.31. The first kappa shape index (κ1) is 17.8. The second-order valence-corrected chi connectivity index (χ2v) is 6.29. The molecule has 0 atom stereocenters. The van der Waals surface area contributed by atoms with Crippen LogP contribution < -0.4 is 5.32 Å². The number of nitrogens with one attached hydrogen (secondary N) is 1. The molecule has 0 aromatic rings. The van der Waals surface area contributed by atoms with Crippen molar-refractivity contribution in [3.63, 3.8) is 0 Å². The van der Waals surface area contributed by atoms with Gasteiger partial charge in [-0.2, -0.15) is 5.26 Å². The summed E-state index contributed by atoms with van der Waals surface area (Å²) in [6.45, 7) is 5.07. The quantitative estimate of drug-likeness (QED) is 0.451. The summed E-state index contributed by atoms with van der Waals surface area (Å²) < 4.78 is 5.31. The third-order valence-electron chi connectivity index (χ3n) is 4.72. The predicted molar refractivity (Wildman–Crippen MR) is 88.6 cm³/mol. The first-order chi connectivity index (χ1) is 11.2. The highest BCUT2D eigenvalue weighted by Crippen LogP contribution is 2.22. The molecular weight excluding hydrogens is 292 g/mol. The number of hydrogen-bond acceptors (Lipinski definition) is 5. The number of ether oxygens (including phenoxy) is 1. The van der Waals surface area contributed by atoms with Crippen molar-refractivity contribution in [3.05, 3.63) is 11.8 Å². The van der Waals surface area contributed by atoms with E-state index in [1.165, 1.54) is 19.3 Å². The number of nitriles is 1. The number of amides is 1. The van der Waals surface area contributed by atoms with Crippen LogP contribution in [0.5, 0.6) is 0 Å². The maximum Gasteiger partial charge on any atom is 0.265 e. The molecule has 23 heavy (non-hydrogen) atoms. The molecule has 1 aliphatic heterocycles. The average Bonchev–Trinajstić information content (AvgIpc) is 2.62. The van der Waals surface area contributed by atoms with Gasteiger partial charge in [0.15, 0.2) is 0 Å². The number of likely N-dealkylation sites (N-methyl/N-ethyl adjacent to an activating group) is 1. The molecule has 2 aliphatic rings. The van der Waals surface area contributed by atoms with Gasteiger partial charge in [0.05, 0.1) is 13.2 Å². The largest absolute Gasteiger partial charge is 0.388 e. The van der Waals surface area contributed by atoms with Gasteiger partial charge in [-0.25, -0.2) is 0 Å². The molecule has 1 saturated carbocycles. The Labute approximate surface area is 139 Å². The molecule has 0 radical (unpaired) electrons. The summed E-state index contributed by atoms with van der Waals surface area (Å²) in [6.07, 6.45) is 7.26. The summed E-state index contributed by atoms with van der Waals surface area (Å²) in [6, 6.07) is 2.31. The van der Waals surface area contributed by atoms with Crippen molar-refractivity contribution >= 4 is 5.91 Å². The lowest BCUT2D eigenvalue weighted by molar-refractivity contribution is -0.128. The molecule has 1 heterocycles. The van der Waals surface area contributed by atoms with E-state index in [0.717, 1.165) is 52.2 Å². The van der Waals surface area contributed by atoms with Gasteiger partial charge in [-0.15, -0.1) is 0 Å². The maximum atomic E-state index is 12.4. The standard InChI is InChI=1S/C17H28N4O2/c1-20(16-5-3-2-4-6-16)17(22)15(13-18)14-19-7-8-21-9-11-23-12-10-21/h14,16,19H,2-12H2,1H3/b15-14-. The van der Waals surface area contributed by atoms with Crippen LogP contribution in [0.3, 0.4) is 0 Å². The minimum Gasteiger partial charge on any atom is -0.388 e. The fraction of sp³-hybridized carbons (Fsp3) is 0.765. The molecule has 1 aliphatic carbocycles. The Morgan fingerprint density at radius 3 is 2.70 bits per heavy atom. The van der Waals surface area contributed by atoms with Gasteiger partial charge in [0.2, 0.25) is 0 Å². The van der Waals surface area contributed by atoms with E-state index in [-0.39, 0.29) is 17.5 Å². The Morgan fingerprint density at radius 1 is 1.35 bits per heavy atom. The molecule has 0 spiro atoms. The molecule has 6 nitrogen and oxygen atoms in total. The van der Waals surface area contributed by atoms with Crippen molar-refractivity contribution in [2.75, 3.05) is 46.4 Å². The lowest BCUT2D eigenvalue weighted by atomic mass is 9.94. The SMILES string of the molecule is CN(C(=O)/C(C#N)=C\NCCN1CCOCC1)C1CCCCC1. The highest BCUT2D eigenvalue weighted by molar-refractivity contribution is 5.97. The van der Waals surface area contributed by atoms with Crippen LogP contribution in [0.4, 0.5) is 0 Å². The first-order valence-electron chi connectivity index (χ1n) is 8.63. The van der Waals surface area contributed by atoms with Crippen molar-refractivity contribution in [2.45, 2.75) is 38.1 Å². The van der Waals surface area contributed by atoms with Crippen LogP contribution in [-0.4, -0.2) is 68.2 Å². The van der Waals surface area contributed by atoms with Gasteiger partial charge < -0.3 is 15.0 Å². The third kappa shape index (κ3) is 5.52. The van der Waals surface area contributed by atoms with Gasteiger partial charge in [-0.3, -0.25) is 9.69 Å².